The number of carbonyl (C=O) groups excluding carboxylic acids is 2. The molecule has 1 aliphatic rings. The van der Waals surface area contributed by atoms with Gasteiger partial charge in [0.25, 0.3) is 16.0 Å². The molecule has 0 spiro atoms. The van der Waals surface area contributed by atoms with E-state index in [1.54, 1.807) is 52.2 Å². The minimum absolute atomic E-state index is 0.0192. The second kappa shape index (κ2) is 14.9. The van der Waals surface area contributed by atoms with E-state index in [9.17, 15) is 22.6 Å². The molecule has 0 saturated carbocycles. The van der Waals surface area contributed by atoms with Crippen LogP contribution in [-0.2, 0) is 21.5 Å². The third-order valence-corrected chi connectivity index (χ3v) is 10.2. The van der Waals surface area contributed by atoms with Gasteiger partial charge in [0.15, 0.2) is 5.75 Å². The summed E-state index contributed by atoms with van der Waals surface area (Å²) in [5, 5.41) is 8.80. The van der Waals surface area contributed by atoms with Crippen LogP contribution in [-0.4, -0.2) is 54.3 Å². The molecule has 0 aliphatic carbocycles. The quantitative estimate of drug-likeness (QED) is 0.104. The number of para-hydroxylation sites is 1. The Morgan fingerprint density at radius 1 is 0.943 bits per heavy atom. The van der Waals surface area contributed by atoms with Crippen LogP contribution in [0.5, 0.6) is 11.5 Å². The fraction of sp³-hybridized carbons (Fsp3) is 0.195. The molecule has 12 heteroatoms. The van der Waals surface area contributed by atoms with Crippen molar-refractivity contribution in [2.45, 2.75) is 38.1 Å². The van der Waals surface area contributed by atoms with Crippen LogP contribution >= 0.6 is 0 Å². The molecule has 0 radical (unpaired) electrons. The molecule has 0 bridgehead atoms. The third-order valence-electron chi connectivity index (χ3n) is 9.34. The molecule has 2 amide bonds. The number of ether oxygens (including phenoxy) is 2. The van der Waals surface area contributed by atoms with Gasteiger partial charge in [0.2, 0.25) is 5.91 Å². The summed E-state index contributed by atoms with van der Waals surface area (Å²) in [4.78, 5) is 28.2. The van der Waals surface area contributed by atoms with Crippen molar-refractivity contribution in [2.24, 2.45) is 0 Å². The highest BCUT2D eigenvalue weighted by atomic mass is 32.2. The summed E-state index contributed by atoms with van der Waals surface area (Å²) in [7, 11) is -4.32. The maximum atomic E-state index is 13.4. The molecule has 7 rings (SSSR count). The van der Waals surface area contributed by atoms with Gasteiger partial charge in [0.05, 0.1) is 36.5 Å². The number of hydrogen-bond donors (Lipinski definition) is 2. The first-order valence-electron chi connectivity index (χ1n) is 17.2. The summed E-state index contributed by atoms with van der Waals surface area (Å²) in [5.74, 6) is 1.21. The second-order valence-electron chi connectivity index (χ2n) is 13.0. The van der Waals surface area contributed by atoms with E-state index in [1.807, 2.05) is 55.6 Å². The van der Waals surface area contributed by atoms with Crippen LogP contribution in [0.15, 0.2) is 114 Å². The summed E-state index contributed by atoms with van der Waals surface area (Å²) in [6.45, 7) is 5.80. The average molecular weight is 731 g/mol. The minimum atomic E-state index is -4.32. The molecular weight excluding hydrogens is 693 g/mol. The summed E-state index contributed by atoms with van der Waals surface area (Å²) >= 11 is 0. The highest BCUT2D eigenvalue weighted by Gasteiger charge is 2.26. The fourth-order valence-corrected chi connectivity index (χ4v) is 6.92. The first-order chi connectivity index (χ1) is 25.5. The molecule has 0 saturated heterocycles. The zero-order valence-electron chi connectivity index (χ0n) is 29.3. The van der Waals surface area contributed by atoms with Gasteiger partial charge in [-0.1, -0.05) is 48.5 Å². The number of nitrogens with one attached hydrogen (secondary N) is 1. The molecule has 0 atom stereocenters. The first kappa shape index (κ1) is 35.4. The number of benzene rings is 5. The van der Waals surface area contributed by atoms with Crippen molar-refractivity contribution in [1.29, 1.82) is 0 Å². The van der Waals surface area contributed by atoms with Crippen molar-refractivity contribution in [3.05, 3.63) is 132 Å². The van der Waals surface area contributed by atoms with Gasteiger partial charge in [0.1, 0.15) is 12.4 Å². The standard InChI is InChI=1S/C41H38N4O7S/c1-27-7-3-12-38(28(27)2)51-19-6-13-39(46)45-18-20-52-40-36(10-5-11-37(40)45)33-24-42-44(26-33)25-29-8-4-9-32(21-29)41(47)43-34-16-14-31-23-35(53(48,49)50)17-15-30(31)22-34/h3-5,7-12,14-17,21-24,26H,6,13,18-20,25H2,1-2H3,(H,43,47)(H,48,49,50). The highest BCUT2D eigenvalue weighted by molar-refractivity contribution is 7.85. The number of nitrogens with zero attached hydrogens (tertiary/aromatic N) is 3. The summed E-state index contributed by atoms with van der Waals surface area (Å²) in [6, 6.07) is 28.4. The number of aryl methyl sites for hydroxylation is 1. The number of amides is 2. The lowest BCUT2D eigenvalue weighted by atomic mass is 10.1. The van der Waals surface area contributed by atoms with E-state index < -0.39 is 10.1 Å². The molecule has 0 unspecified atom stereocenters. The van der Waals surface area contributed by atoms with Crippen molar-refractivity contribution in [2.75, 3.05) is 30.0 Å². The number of carbonyl (C=O) groups is 2. The molecule has 11 nitrogen and oxygen atoms in total. The molecule has 5 aromatic carbocycles. The SMILES string of the molecule is Cc1cccc(OCCCC(=O)N2CCOc3c(-c4cnn(Cc5cccc(C(=O)Nc6ccc7cc(S(=O)(=O)O)ccc7c6)c5)c4)cccc32)c1C. The molecular formula is C41H38N4O7S. The normalized spacial score (nSPS) is 12.6. The Bertz CT molecular complexity index is 2460. The van der Waals surface area contributed by atoms with Gasteiger partial charge in [-0.15, -0.1) is 0 Å². The Labute approximate surface area is 307 Å². The van der Waals surface area contributed by atoms with Crippen LogP contribution < -0.4 is 19.7 Å². The fourth-order valence-electron chi connectivity index (χ4n) is 6.41. The van der Waals surface area contributed by atoms with Crippen molar-refractivity contribution in [3.63, 3.8) is 0 Å². The molecule has 270 valence electrons. The molecule has 1 aliphatic heterocycles. The van der Waals surface area contributed by atoms with Crippen LogP contribution in [0, 0.1) is 13.8 Å². The molecule has 2 N–H and O–H groups in total. The smallest absolute Gasteiger partial charge is 0.294 e. The van der Waals surface area contributed by atoms with Gasteiger partial charge < -0.3 is 19.7 Å². The lowest BCUT2D eigenvalue weighted by Crippen LogP contribution is -2.38. The lowest BCUT2D eigenvalue weighted by Gasteiger charge is -2.31. The molecule has 53 heavy (non-hydrogen) atoms. The topological polar surface area (TPSA) is 140 Å². The Morgan fingerprint density at radius 3 is 2.58 bits per heavy atom. The third kappa shape index (κ3) is 7.93. The van der Waals surface area contributed by atoms with Gasteiger partial charge in [-0.05, 0) is 96.3 Å². The summed E-state index contributed by atoms with van der Waals surface area (Å²) < 4.78 is 46.2. The van der Waals surface area contributed by atoms with E-state index in [-0.39, 0.29) is 16.7 Å². The van der Waals surface area contributed by atoms with Gasteiger partial charge >= 0.3 is 0 Å². The van der Waals surface area contributed by atoms with Crippen LogP contribution in [0.3, 0.4) is 0 Å². The van der Waals surface area contributed by atoms with E-state index in [0.29, 0.717) is 66.9 Å². The first-order valence-corrected chi connectivity index (χ1v) is 18.7. The summed E-state index contributed by atoms with van der Waals surface area (Å²) in [6.07, 6.45) is 4.63. The van der Waals surface area contributed by atoms with E-state index in [2.05, 4.69) is 23.4 Å². The lowest BCUT2D eigenvalue weighted by molar-refractivity contribution is -0.119. The van der Waals surface area contributed by atoms with Gasteiger partial charge in [-0.2, -0.15) is 13.5 Å². The number of aromatic nitrogens is 2. The molecule has 2 heterocycles. The monoisotopic (exact) mass is 730 g/mol. The predicted molar refractivity (Wildman–Crippen MR) is 203 cm³/mol. The van der Waals surface area contributed by atoms with Gasteiger partial charge in [0, 0.05) is 35.0 Å². The predicted octanol–water partition coefficient (Wildman–Crippen LogP) is 7.45. The molecule has 6 aromatic rings. The van der Waals surface area contributed by atoms with Gasteiger partial charge in [-0.25, -0.2) is 0 Å². The van der Waals surface area contributed by atoms with E-state index >= 15 is 0 Å². The van der Waals surface area contributed by atoms with Crippen molar-refractivity contribution in [1.82, 2.24) is 9.78 Å². The molecule has 0 fully saturated rings. The highest BCUT2D eigenvalue weighted by Crippen LogP contribution is 2.41. The number of fused-ring (bicyclic) bond motifs is 2. The van der Waals surface area contributed by atoms with Crippen LogP contribution in [0.4, 0.5) is 11.4 Å². The van der Waals surface area contributed by atoms with Gasteiger partial charge in [-0.3, -0.25) is 18.8 Å². The zero-order chi connectivity index (χ0) is 37.1. The Kier molecular flexibility index (Phi) is 9.98. The Balaban J connectivity index is 0.994. The molecule has 1 aromatic heterocycles. The maximum absolute atomic E-state index is 13.4. The second-order valence-corrected chi connectivity index (χ2v) is 14.4. The van der Waals surface area contributed by atoms with E-state index in [4.69, 9.17) is 9.47 Å². The van der Waals surface area contributed by atoms with E-state index in [1.165, 1.54) is 17.7 Å². The summed E-state index contributed by atoms with van der Waals surface area (Å²) in [5.41, 5.74) is 6.56. The maximum Gasteiger partial charge on any atom is 0.294 e. The van der Waals surface area contributed by atoms with Crippen molar-refractivity contribution in [3.8, 4) is 22.6 Å². The van der Waals surface area contributed by atoms with Crippen molar-refractivity contribution < 1.29 is 32.0 Å². The Hall–Kier alpha value is -5.98. The van der Waals surface area contributed by atoms with Crippen LogP contribution in [0.2, 0.25) is 0 Å². The van der Waals surface area contributed by atoms with E-state index in [0.717, 1.165) is 33.7 Å². The number of anilines is 2. The van der Waals surface area contributed by atoms with Crippen molar-refractivity contribution >= 4 is 44.1 Å². The zero-order valence-corrected chi connectivity index (χ0v) is 30.1. The van der Waals surface area contributed by atoms with Crippen LogP contribution in [0.25, 0.3) is 21.9 Å². The average Bonchev–Trinajstić information content (AvgIpc) is 3.62. The number of rotatable bonds is 11. The minimum Gasteiger partial charge on any atom is -0.493 e. The largest absolute Gasteiger partial charge is 0.493 e. The number of hydrogen-bond acceptors (Lipinski definition) is 7. The Morgan fingerprint density at radius 2 is 1.74 bits per heavy atom. The van der Waals surface area contributed by atoms with Crippen LogP contribution in [0.1, 0.15) is 39.9 Å².